The van der Waals surface area contributed by atoms with Crippen LogP contribution in [0.1, 0.15) is 37.7 Å². The highest BCUT2D eigenvalue weighted by atomic mass is 15.1. The van der Waals surface area contributed by atoms with Crippen molar-refractivity contribution in [3.63, 3.8) is 0 Å². The molecule has 0 aliphatic carbocycles. The number of imidazole rings is 1. The first-order valence-electron chi connectivity index (χ1n) is 6.77. The van der Waals surface area contributed by atoms with E-state index < -0.39 is 0 Å². The van der Waals surface area contributed by atoms with Crippen LogP contribution in [-0.2, 0) is 12.8 Å². The Morgan fingerprint density at radius 2 is 2.24 bits per heavy atom. The van der Waals surface area contributed by atoms with E-state index in [4.69, 9.17) is 5.73 Å². The summed E-state index contributed by atoms with van der Waals surface area (Å²) in [5.41, 5.74) is 8.48. The summed E-state index contributed by atoms with van der Waals surface area (Å²) in [7, 11) is 0. The van der Waals surface area contributed by atoms with Gasteiger partial charge in [0.25, 0.3) is 0 Å². The Labute approximate surface area is 104 Å². The molecule has 96 valence electrons. The van der Waals surface area contributed by atoms with Gasteiger partial charge < -0.3 is 15.2 Å². The highest BCUT2D eigenvalue weighted by Gasteiger charge is 2.23. The SMILES string of the molecule is CCN(CC)CCc1ncn2c1CCC2CN. The molecule has 2 heterocycles. The number of likely N-dealkylation sites (N-methyl/N-ethyl adjacent to an activating group) is 1. The first-order chi connectivity index (χ1) is 8.30. The van der Waals surface area contributed by atoms with Gasteiger partial charge in [0.15, 0.2) is 0 Å². The fraction of sp³-hybridized carbons (Fsp3) is 0.769. The lowest BCUT2D eigenvalue weighted by Crippen LogP contribution is -2.25. The lowest BCUT2D eigenvalue weighted by molar-refractivity contribution is 0.307. The summed E-state index contributed by atoms with van der Waals surface area (Å²) in [6.45, 7) is 8.52. The van der Waals surface area contributed by atoms with Gasteiger partial charge >= 0.3 is 0 Å². The van der Waals surface area contributed by atoms with E-state index in [1.165, 1.54) is 17.8 Å². The molecule has 0 amide bonds. The lowest BCUT2D eigenvalue weighted by atomic mass is 10.1. The summed E-state index contributed by atoms with van der Waals surface area (Å²) in [6, 6.07) is 0.486. The Bertz CT molecular complexity index is 354. The molecule has 1 aliphatic rings. The maximum atomic E-state index is 5.77. The summed E-state index contributed by atoms with van der Waals surface area (Å²) < 4.78 is 2.29. The van der Waals surface area contributed by atoms with Crippen LogP contribution in [0.5, 0.6) is 0 Å². The zero-order chi connectivity index (χ0) is 12.3. The van der Waals surface area contributed by atoms with Gasteiger partial charge in [0, 0.05) is 31.2 Å². The number of hydrogen-bond donors (Lipinski definition) is 1. The largest absolute Gasteiger partial charge is 0.330 e. The third kappa shape index (κ3) is 2.53. The molecule has 0 radical (unpaired) electrons. The molecule has 0 fully saturated rings. The lowest BCUT2D eigenvalue weighted by Gasteiger charge is -2.17. The average Bonchev–Trinajstić information content (AvgIpc) is 2.92. The van der Waals surface area contributed by atoms with E-state index in [0.29, 0.717) is 6.04 Å². The molecule has 1 atom stereocenters. The van der Waals surface area contributed by atoms with Crippen LogP contribution >= 0.6 is 0 Å². The third-order valence-electron chi connectivity index (χ3n) is 3.92. The van der Waals surface area contributed by atoms with Crippen LogP contribution < -0.4 is 5.73 Å². The summed E-state index contributed by atoms with van der Waals surface area (Å²) in [5.74, 6) is 0. The second-order valence-corrected chi connectivity index (χ2v) is 4.75. The van der Waals surface area contributed by atoms with Crippen LogP contribution in [0.15, 0.2) is 6.33 Å². The summed E-state index contributed by atoms with van der Waals surface area (Å²) in [5, 5.41) is 0. The summed E-state index contributed by atoms with van der Waals surface area (Å²) >= 11 is 0. The average molecular weight is 236 g/mol. The van der Waals surface area contributed by atoms with Gasteiger partial charge in [-0.2, -0.15) is 0 Å². The highest BCUT2D eigenvalue weighted by molar-refractivity contribution is 5.18. The van der Waals surface area contributed by atoms with Gasteiger partial charge in [0.2, 0.25) is 0 Å². The normalized spacial score (nSPS) is 18.9. The van der Waals surface area contributed by atoms with Crippen LogP contribution in [-0.4, -0.2) is 40.6 Å². The molecule has 1 unspecified atom stereocenters. The highest BCUT2D eigenvalue weighted by Crippen LogP contribution is 2.27. The quantitative estimate of drug-likeness (QED) is 0.807. The minimum Gasteiger partial charge on any atom is -0.330 e. The number of hydrogen-bond acceptors (Lipinski definition) is 3. The van der Waals surface area contributed by atoms with E-state index >= 15 is 0 Å². The molecule has 1 aliphatic heterocycles. The van der Waals surface area contributed by atoms with Gasteiger partial charge in [-0.05, 0) is 25.9 Å². The number of nitrogens with zero attached hydrogens (tertiary/aromatic N) is 3. The van der Waals surface area contributed by atoms with Gasteiger partial charge in [-0.15, -0.1) is 0 Å². The molecule has 4 nitrogen and oxygen atoms in total. The minimum absolute atomic E-state index is 0.486. The predicted octanol–water partition coefficient (Wildman–Crippen LogP) is 1.21. The molecular weight excluding hydrogens is 212 g/mol. The topological polar surface area (TPSA) is 47.1 Å². The van der Waals surface area contributed by atoms with Crippen LogP contribution in [0.25, 0.3) is 0 Å². The van der Waals surface area contributed by atoms with Crippen LogP contribution in [0.4, 0.5) is 0 Å². The van der Waals surface area contributed by atoms with Gasteiger partial charge in [-0.25, -0.2) is 4.98 Å². The van der Waals surface area contributed by atoms with Crippen molar-refractivity contribution in [3.05, 3.63) is 17.7 Å². The summed E-state index contributed by atoms with van der Waals surface area (Å²) in [4.78, 5) is 7.00. The minimum atomic E-state index is 0.486. The number of rotatable bonds is 6. The molecule has 4 heteroatoms. The molecule has 0 saturated heterocycles. The van der Waals surface area contributed by atoms with Crippen LogP contribution in [0.2, 0.25) is 0 Å². The molecule has 1 aromatic rings. The Balaban J connectivity index is 1.99. The number of fused-ring (bicyclic) bond motifs is 1. The van der Waals surface area contributed by atoms with Crippen molar-refractivity contribution in [1.82, 2.24) is 14.5 Å². The fourth-order valence-corrected chi connectivity index (χ4v) is 2.70. The molecule has 0 spiro atoms. The fourth-order valence-electron chi connectivity index (χ4n) is 2.70. The van der Waals surface area contributed by atoms with Crippen LogP contribution in [0, 0.1) is 0 Å². The molecule has 17 heavy (non-hydrogen) atoms. The first kappa shape index (κ1) is 12.6. The van der Waals surface area contributed by atoms with Gasteiger partial charge in [-0.1, -0.05) is 13.8 Å². The maximum Gasteiger partial charge on any atom is 0.0954 e. The van der Waals surface area contributed by atoms with Gasteiger partial charge in [0.05, 0.1) is 12.0 Å². The number of nitrogens with two attached hydrogens (primary N) is 1. The Morgan fingerprint density at radius 1 is 1.47 bits per heavy atom. The van der Waals surface area contributed by atoms with Crippen molar-refractivity contribution in [1.29, 1.82) is 0 Å². The van der Waals surface area contributed by atoms with Crippen molar-refractivity contribution in [2.75, 3.05) is 26.2 Å². The number of aromatic nitrogens is 2. The van der Waals surface area contributed by atoms with E-state index in [1.54, 1.807) is 0 Å². The van der Waals surface area contributed by atoms with Crippen molar-refractivity contribution < 1.29 is 0 Å². The third-order valence-corrected chi connectivity index (χ3v) is 3.92. The zero-order valence-electron chi connectivity index (χ0n) is 11.0. The first-order valence-corrected chi connectivity index (χ1v) is 6.77. The van der Waals surface area contributed by atoms with Gasteiger partial charge in [-0.3, -0.25) is 0 Å². The van der Waals surface area contributed by atoms with E-state index in [9.17, 15) is 0 Å². The van der Waals surface area contributed by atoms with Crippen LogP contribution in [0.3, 0.4) is 0 Å². The van der Waals surface area contributed by atoms with Crippen molar-refractivity contribution in [2.24, 2.45) is 5.73 Å². The summed E-state index contributed by atoms with van der Waals surface area (Å²) in [6.07, 6.45) is 5.39. The maximum absolute atomic E-state index is 5.77. The molecule has 0 saturated carbocycles. The van der Waals surface area contributed by atoms with E-state index in [2.05, 4.69) is 28.3 Å². The van der Waals surface area contributed by atoms with Gasteiger partial charge in [0.1, 0.15) is 0 Å². The molecule has 2 rings (SSSR count). The molecule has 2 N–H and O–H groups in total. The second kappa shape index (κ2) is 5.65. The molecule has 0 aromatic carbocycles. The Morgan fingerprint density at radius 3 is 2.88 bits per heavy atom. The Hall–Kier alpha value is -0.870. The van der Waals surface area contributed by atoms with E-state index in [-0.39, 0.29) is 0 Å². The Kier molecular flexibility index (Phi) is 4.18. The van der Waals surface area contributed by atoms with Crippen molar-refractivity contribution >= 4 is 0 Å². The second-order valence-electron chi connectivity index (χ2n) is 4.75. The smallest absolute Gasteiger partial charge is 0.0954 e. The molecule has 0 bridgehead atoms. The van der Waals surface area contributed by atoms with Crippen molar-refractivity contribution in [3.8, 4) is 0 Å². The molecule has 1 aromatic heterocycles. The van der Waals surface area contributed by atoms with Crippen molar-refractivity contribution in [2.45, 2.75) is 39.2 Å². The van der Waals surface area contributed by atoms with E-state index in [1.807, 2.05) is 6.33 Å². The van der Waals surface area contributed by atoms with E-state index in [0.717, 1.165) is 39.0 Å². The zero-order valence-corrected chi connectivity index (χ0v) is 11.0. The molecular formula is C13H24N4. The standard InChI is InChI=1S/C13H24N4/c1-3-16(4-2)8-7-12-13-6-5-11(9-14)17(13)10-15-12/h10-11H,3-9,14H2,1-2H3. The predicted molar refractivity (Wildman–Crippen MR) is 70.1 cm³/mol. The monoisotopic (exact) mass is 236 g/mol.